The van der Waals surface area contributed by atoms with Gasteiger partial charge in [-0.1, -0.05) is 6.08 Å². The van der Waals surface area contributed by atoms with Crippen molar-refractivity contribution in [3.63, 3.8) is 0 Å². The van der Waals surface area contributed by atoms with Gasteiger partial charge in [0.15, 0.2) is 0 Å². The molecule has 1 saturated heterocycles. The number of alkyl halides is 3. The molecule has 1 fully saturated rings. The Kier molecular flexibility index (Phi) is 6.05. The molecule has 1 aliphatic heterocycles. The zero-order valence-electron chi connectivity index (χ0n) is 16.3. The van der Waals surface area contributed by atoms with E-state index in [1.807, 2.05) is 27.7 Å². The molecule has 0 saturated carbocycles. The number of hydrogen-bond donors (Lipinski definition) is 2. The van der Waals surface area contributed by atoms with Gasteiger partial charge in [-0.05, 0) is 51.4 Å². The molecule has 2 rings (SSSR count). The van der Waals surface area contributed by atoms with Crippen LogP contribution in [0.25, 0.3) is 6.08 Å². The van der Waals surface area contributed by atoms with Crippen LogP contribution < -0.4 is 10.1 Å². The number of nitrogens with one attached hydrogen (secondary N) is 1. The predicted octanol–water partition coefficient (Wildman–Crippen LogP) is 3.44. The van der Waals surface area contributed by atoms with Gasteiger partial charge in [-0.25, -0.2) is 0 Å². The molecule has 0 bridgehead atoms. The zero-order chi connectivity index (χ0) is 21.3. The number of amides is 1. The van der Waals surface area contributed by atoms with E-state index in [4.69, 9.17) is 9.31 Å². The highest BCUT2D eigenvalue weighted by molar-refractivity contribution is 6.56. The molecule has 0 atom stereocenters. The van der Waals surface area contributed by atoms with Crippen LogP contribution in [0.1, 0.15) is 40.2 Å². The maximum Gasteiger partial charge on any atom is 0.573 e. The predicted molar refractivity (Wildman–Crippen MR) is 97.5 cm³/mol. The summed E-state index contributed by atoms with van der Waals surface area (Å²) in [6.45, 7) is 8.61. The highest BCUT2D eigenvalue weighted by Gasteiger charge is 2.52. The van der Waals surface area contributed by atoms with Gasteiger partial charge in [0.25, 0.3) is 0 Å². The van der Waals surface area contributed by atoms with Crippen molar-refractivity contribution in [3.05, 3.63) is 29.2 Å². The molecule has 1 aromatic carbocycles. The molecule has 10 heteroatoms. The molecule has 0 radical (unpaired) electrons. The van der Waals surface area contributed by atoms with Crippen molar-refractivity contribution < 1.29 is 37.1 Å². The van der Waals surface area contributed by atoms with E-state index in [2.05, 4.69) is 10.1 Å². The van der Waals surface area contributed by atoms with Gasteiger partial charge < -0.3 is 24.5 Å². The summed E-state index contributed by atoms with van der Waals surface area (Å²) in [6, 6.07) is 3.22. The van der Waals surface area contributed by atoms with Crippen molar-refractivity contribution in [2.24, 2.45) is 0 Å². The second-order valence-electron chi connectivity index (χ2n) is 7.49. The maximum atomic E-state index is 12.7. The average Bonchev–Trinajstić information content (AvgIpc) is 2.72. The minimum Gasteiger partial charge on any atom is -0.508 e. The standard InChI is InChI=1S/C18H23BF3NO5/c1-11(24)23-10-13(19-27-16(2,3)17(4,5)28-19)8-12-9-14(25)6-7-15(12)26-18(20,21)22/h6-9,25H,10H2,1-5H3,(H,23,24). The lowest BCUT2D eigenvalue weighted by Gasteiger charge is -2.32. The van der Waals surface area contributed by atoms with Crippen molar-refractivity contribution in [1.82, 2.24) is 5.32 Å². The Morgan fingerprint density at radius 2 is 1.82 bits per heavy atom. The van der Waals surface area contributed by atoms with Gasteiger partial charge >= 0.3 is 13.5 Å². The SMILES string of the molecule is CC(=O)NCC(=Cc1cc(O)ccc1OC(F)(F)F)B1OC(C)(C)C(C)(C)O1. The van der Waals surface area contributed by atoms with E-state index in [1.54, 1.807) is 0 Å². The van der Waals surface area contributed by atoms with Gasteiger partial charge in [0, 0.05) is 19.0 Å². The van der Waals surface area contributed by atoms with Gasteiger partial charge in [0.05, 0.1) is 11.2 Å². The van der Waals surface area contributed by atoms with Crippen LogP contribution in [0.5, 0.6) is 11.5 Å². The van der Waals surface area contributed by atoms with Gasteiger partial charge in [-0.15, -0.1) is 13.2 Å². The number of phenols is 1. The second kappa shape index (κ2) is 7.67. The van der Waals surface area contributed by atoms with Crippen LogP contribution in [0.15, 0.2) is 23.7 Å². The molecule has 1 aliphatic rings. The Labute approximate surface area is 161 Å². The molecule has 0 aromatic heterocycles. The van der Waals surface area contributed by atoms with Crippen LogP contribution in [-0.4, -0.2) is 42.2 Å². The number of hydrogen-bond acceptors (Lipinski definition) is 5. The third-order valence-electron chi connectivity index (χ3n) is 4.66. The van der Waals surface area contributed by atoms with Crippen molar-refractivity contribution in [2.75, 3.05) is 6.54 Å². The summed E-state index contributed by atoms with van der Waals surface area (Å²) in [4.78, 5) is 11.3. The molecule has 1 aromatic rings. The molecule has 0 aliphatic carbocycles. The third kappa shape index (κ3) is 5.42. The maximum absolute atomic E-state index is 12.7. The van der Waals surface area contributed by atoms with Crippen LogP contribution in [0, 0.1) is 0 Å². The van der Waals surface area contributed by atoms with Crippen LogP contribution in [0.2, 0.25) is 0 Å². The van der Waals surface area contributed by atoms with E-state index in [0.29, 0.717) is 5.47 Å². The molecule has 0 unspecified atom stereocenters. The molecule has 1 amide bonds. The quantitative estimate of drug-likeness (QED) is 0.740. The summed E-state index contributed by atoms with van der Waals surface area (Å²) in [5, 5.41) is 12.3. The smallest absolute Gasteiger partial charge is 0.508 e. The molecule has 154 valence electrons. The Hall–Kier alpha value is -2.20. The van der Waals surface area contributed by atoms with Crippen LogP contribution >= 0.6 is 0 Å². The lowest BCUT2D eigenvalue weighted by atomic mass is 9.77. The molecule has 2 N–H and O–H groups in total. The summed E-state index contributed by atoms with van der Waals surface area (Å²) in [7, 11) is -0.905. The van der Waals surface area contributed by atoms with E-state index in [-0.39, 0.29) is 23.8 Å². The van der Waals surface area contributed by atoms with Crippen molar-refractivity contribution in [3.8, 4) is 11.5 Å². The van der Waals surface area contributed by atoms with Crippen LogP contribution in [0.3, 0.4) is 0 Å². The normalized spacial score (nSPS) is 18.9. The molecule has 1 heterocycles. The minimum absolute atomic E-state index is 0.0206. The summed E-state index contributed by atoms with van der Waals surface area (Å²) < 4.78 is 54.0. The highest BCUT2D eigenvalue weighted by Crippen LogP contribution is 2.39. The number of ether oxygens (including phenoxy) is 1. The van der Waals surface area contributed by atoms with Gasteiger partial charge in [0.1, 0.15) is 11.5 Å². The number of aromatic hydroxyl groups is 1. The third-order valence-corrected chi connectivity index (χ3v) is 4.66. The Balaban J connectivity index is 2.46. The summed E-state index contributed by atoms with van der Waals surface area (Å²) in [5.41, 5.74) is -1.03. The van der Waals surface area contributed by atoms with Crippen molar-refractivity contribution in [1.29, 1.82) is 0 Å². The first-order chi connectivity index (χ1) is 12.7. The van der Waals surface area contributed by atoms with Gasteiger partial charge in [-0.3, -0.25) is 4.79 Å². The van der Waals surface area contributed by atoms with Crippen LogP contribution in [0.4, 0.5) is 13.2 Å². The summed E-state index contributed by atoms with van der Waals surface area (Å²) >= 11 is 0. The Bertz CT molecular complexity index is 761. The first-order valence-electron chi connectivity index (χ1n) is 8.59. The average molecular weight is 401 g/mol. The number of phenolic OH excluding ortho intramolecular Hbond substituents is 1. The monoisotopic (exact) mass is 401 g/mol. The number of carbonyl (C=O) groups is 1. The minimum atomic E-state index is -4.90. The largest absolute Gasteiger partial charge is 0.573 e. The highest BCUT2D eigenvalue weighted by atomic mass is 19.4. The van der Waals surface area contributed by atoms with Crippen LogP contribution in [-0.2, 0) is 14.1 Å². The Morgan fingerprint density at radius 1 is 1.25 bits per heavy atom. The second-order valence-corrected chi connectivity index (χ2v) is 7.49. The summed E-state index contributed by atoms with van der Waals surface area (Å²) in [6.07, 6.45) is -3.55. The number of rotatable bonds is 5. The van der Waals surface area contributed by atoms with E-state index in [9.17, 15) is 23.1 Å². The van der Waals surface area contributed by atoms with Gasteiger partial charge in [0.2, 0.25) is 5.91 Å². The first kappa shape index (κ1) is 22.1. The zero-order valence-corrected chi connectivity index (χ0v) is 16.3. The number of carbonyl (C=O) groups excluding carboxylic acids is 1. The fourth-order valence-corrected chi connectivity index (χ4v) is 2.49. The lowest BCUT2D eigenvalue weighted by Crippen LogP contribution is -2.41. The fourth-order valence-electron chi connectivity index (χ4n) is 2.49. The summed E-state index contributed by atoms with van der Waals surface area (Å²) in [5.74, 6) is -1.07. The lowest BCUT2D eigenvalue weighted by molar-refractivity contribution is -0.274. The molecule has 6 nitrogen and oxygen atoms in total. The van der Waals surface area contributed by atoms with Crippen molar-refractivity contribution >= 4 is 19.1 Å². The molecular formula is C18H23BF3NO5. The number of benzene rings is 1. The van der Waals surface area contributed by atoms with Crippen molar-refractivity contribution in [2.45, 2.75) is 52.2 Å². The van der Waals surface area contributed by atoms with E-state index in [1.165, 1.54) is 13.0 Å². The molecule has 28 heavy (non-hydrogen) atoms. The van der Waals surface area contributed by atoms with E-state index < -0.39 is 30.4 Å². The first-order valence-corrected chi connectivity index (χ1v) is 8.59. The topological polar surface area (TPSA) is 77.0 Å². The van der Waals surface area contributed by atoms with E-state index in [0.717, 1.165) is 18.2 Å². The van der Waals surface area contributed by atoms with E-state index >= 15 is 0 Å². The Morgan fingerprint density at radius 3 is 2.32 bits per heavy atom. The fraction of sp³-hybridized carbons (Fsp3) is 0.500. The van der Waals surface area contributed by atoms with Gasteiger partial charge in [-0.2, -0.15) is 0 Å². The molecular weight excluding hydrogens is 378 g/mol. The molecule has 0 spiro atoms. The number of halogens is 3.